The molecule has 3 unspecified atom stereocenters. The summed E-state index contributed by atoms with van der Waals surface area (Å²) < 4.78 is 0. The fourth-order valence-electron chi connectivity index (χ4n) is 3.48. The molecule has 7 heteroatoms. The first-order valence-electron chi connectivity index (χ1n) is 7.08. The van der Waals surface area contributed by atoms with E-state index in [2.05, 4.69) is 10.6 Å². The molecule has 2 aliphatic rings. The molecule has 3 atom stereocenters. The second kappa shape index (κ2) is 5.33. The maximum Gasteiger partial charge on any atom is 0.296 e. The summed E-state index contributed by atoms with van der Waals surface area (Å²) in [5, 5.41) is 26.5. The van der Waals surface area contributed by atoms with Gasteiger partial charge in [0.2, 0.25) is 5.91 Å². The van der Waals surface area contributed by atoms with E-state index in [1.807, 2.05) is 0 Å². The topological polar surface area (TPSA) is 104 Å². The molecule has 112 valence electrons. The minimum absolute atomic E-state index is 0.129. The van der Waals surface area contributed by atoms with Gasteiger partial charge >= 0.3 is 0 Å². The van der Waals surface area contributed by atoms with Crippen LogP contribution in [0.3, 0.4) is 0 Å². The third kappa shape index (κ3) is 2.44. The predicted molar refractivity (Wildman–Crippen MR) is 76.0 cm³/mol. The Balaban J connectivity index is 1.81. The van der Waals surface area contributed by atoms with Crippen LogP contribution in [-0.4, -0.2) is 28.5 Å². The van der Waals surface area contributed by atoms with Crippen molar-refractivity contribution in [1.82, 2.24) is 5.32 Å². The summed E-state index contributed by atoms with van der Waals surface area (Å²) >= 11 is 0. The number of rotatable bonds is 3. The van der Waals surface area contributed by atoms with Crippen molar-refractivity contribution in [1.29, 1.82) is 0 Å². The van der Waals surface area contributed by atoms with E-state index in [9.17, 15) is 20.0 Å². The highest BCUT2D eigenvalue weighted by Crippen LogP contribution is 2.39. The molecule has 3 rings (SSSR count). The Labute approximate surface area is 121 Å². The van der Waals surface area contributed by atoms with Gasteiger partial charge in [0.1, 0.15) is 5.75 Å². The lowest BCUT2D eigenvalue weighted by Gasteiger charge is -2.18. The Morgan fingerprint density at radius 2 is 2.24 bits per heavy atom. The first-order chi connectivity index (χ1) is 10.1. The third-order valence-electron chi connectivity index (χ3n) is 4.49. The zero-order valence-corrected chi connectivity index (χ0v) is 11.4. The van der Waals surface area contributed by atoms with E-state index < -0.39 is 4.92 Å². The molecule has 1 aliphatic heterocycles. The molecule has 0 radical (unpaired) electrons. The molecule has 1 saturated heterocycles. The van der Waals surface area contributed by atoms with Gasteiger partial charge in [-0.05, 0) is 37.3 Å². The van der Waals surface area contributed by atoms with Crippen LogP contribution in [0.25, 0.3) is 0 Å². The summed E-state index contributed by atoms with van der Waals surface area (Å²) in [6.07, 6.45) is 3.24. The molecule has 1 amide bonds. The van der Waals surface area contributed by atoms with Crippen molar-refractivity contribution in [2.45, 2.75) is 25.3 Å². The van der Waals surface area contributed by atoms with E-state index in [-0.39, 0.29) is 35.0 Å². The summed E-state index contributed by atoms with van der Waals surface area (Å²) in [5.41, 5.74) is -0.430. The SMILES string of the molecule is O=C(Nc1c(O)cccc1[N+](=O)[O-])C1NCC2CCCC21. The van der Waals surface area contributed by atoms with Crippen molar-refractivity contribution in [2.24, 2.45) is 11.8 Å². The molecule has 0 spiro atoms. The number of fused-ring (bicyclic) bond motifs is 1. The maximum absolute atomic E-state index is 12.4. The molecular weight excluding hydrogens is 274 g/mol. The monoisotopic (exact) mass is 291 g/mol. The highest BCUT2D eigenvalue weighted by atomic mass is 16.6. The number of nitro benzene ring substituents is 1. The minimum Gasteiger partial charge on any atom is -0.505 e. The number of hydrogen-bond donors (Lipinski definition) is 3. The maximum atomic E-state index is 12.4. The van der Waals surface area contributed by atoms with Crippen LogP contribution in [0.15, 0.2) is 18.2 Å². The molecule has 1 aromatic rings. The summed E-state index contributed by atoms with van der Waals surface area (Å²) in [6.45, 7) is 0.811. The van der Waals surface area contributed by atoms with Crippen molar-refractivity contribution < 1.29 is 14.8 Å². The Morgan fingerprint density at radius 3 is 3.00 bits per heavy atom. The molecule has 1 heterocycles. The minimum atomic E-state index is -0.615. The number of carbonyl (C=O) groups excluding carboxylic acids is 1. The molecular formula is C14H17N3O4. The lowest BCUT2D eigenvalue weighted by atomic mass is 9.93. The van der Waals surface area contributed by atoms with Crippen molar-refractivity contribution >= 4 is 17.3 Å². The second-order valence-electron chi connectivity index (χ2n) is 5.66. The van der Waals surface area contributed by atoms with Gasteiger partial charge in [0.25, 0.3) is 5.69 Å². The lowest BCUT2D eigenvalue weighted by Crippen LogP contribution is -2.39. The van der Waals surface area contributed by atoms with Gasteiger partial charge in [-0.1, -0.05) is 12.5 Å². The van der Waals surface area contributed by atoms with Crippen LogP contribution >= 0.6 is 0 Å². The van der Waals surface area contributed by atoms with Crippen molar-refractivity contribution in [2.75, 3.05) is 11.9 Å². The number of nitrogens with zero attached hydrogens (tertiary/aromatic N) is 1. The van der Waals surface area contributed by atoms with E-state index in [0.29, 0.717) is 5.92 Å². The van der Waals surface area contributed by atoms with Crippen LogP contribution in [-0.2, 0) is 4.79 Å². The fraction of sp³-hybridized carbons (Fsp3) is 0.500. The zero-order chi connectivity index (χ0) is 15.0. The van der Waals surface area contributed by atoms with Gasteiger partial charge in [0, 0.05) is 6.07 Å². The average Bonchev–Trinajstić information content (AvgIpc) is 3.02. The quantitative estimate of drug-likeness (QED) is 0.446. The van der Waals surface area contributed by atoms with Crippen molar-refractivity contribution in [3.8, 4) is 5.75 Å². The molecule has 1 aliphatic carbocycles. The number of anilines is 1. The molecule has 0 aromatic heterocycles. The summed E-state index contributed by atoms with van der Waals surface area (Å²) in [5.74, 6) is 0.197. The Morgan fingerprint density at radius 1 is 1.43 bits per heavy atom. The van der Waals surface area contributed by atoms with Crippen molar-refractivity contribution in [3.05, 3.63) is 28.3 Å². The molecule has 21 heavy (non-hydrogen) atoms. The van der Waals surface area contributed by atoms with Crippen LogP contribution in [0.5, 0.6) is 5.75 Å². The third-order valence-corrected chi connectivity index (χ3v) is 4.49. The van der Waals surface area contributed by atoms with Crippen LogP contribution in [0.1, 0.15) is 19.3 Å². The number of amides is 1. The second-order valence-corrected chi connectivity index (χ2v) is 5.66. The molecule has 1 aromatic carbocycles. The van der Waals surface area contributed by atoms with Gasteiger partial charge in [0.15, 0.2) is 5.69 Å². The first-order valence-corrected chi connectivity index (χ1v) is 7.08. The molecule has 2 fully saturated rings. The highest BCUT2D eigenvalue weighted by molar-refractivity contribution is 5.98. The number of nitrogens with one attached hydrogen (secondary N) is 2. The van der Waals surface area contributed by atoms with Gasteiger partial charge in [-0.3, -0.25) is 14.9 Å². The normalized spacial score (nSPS) is 27.3. The van der Waals surface area contributed by atoms with Crippen LogP contribution in [0, 0.1) is 22.0 Å². The number of para-hydroxylation sites is 1. The summed E-state index contributed by atoms with van der Waals surface area (Å²) in [4.78, 5) is 22.7. The number of benzene rings is 1. The van der Waals surface area contributed by atoms with E-state index in [4.69, 9.17) is 0 Å². The predicted octanol–water partition coefficient (Wildman–Crippen LogP) is 1.63. The van der Waals surface area contributed by atoms with Crippen LogP contribution in [0.4, 0.5) is 11.4 Å². The van der Waals surface area contributed by atoms with E-state index >= 15 is 0 Å². The average molecular weight is 291 g/mol. The largest absolute Gasteiger partial charge is 0.505 e. The standard InChI is InChI=1S/C14H17N3O4/c18-11-6-2-5-10(17(20)21)13(11)16-14(19)12-9-4-1-3-8(9)7-15-12/h2,5-6,8-9,12,15,18H,1,3-4,7H2,(H,16,19). The van der Waals surface area contributed by atoms with Gasteiger partial charge in [-0.25, -0.2) is 0 Å². The number of carbonyl (C=O) groups is 1. The number of phenols is 1. The van der Waals surface area contributed by atoms with Crippen LogP contribution < -0.4 is 10.6 Å². The number of nitro groups is 1. The zero-order valence-electron chi connectivity index (χ0n) is 11.4. The van der Waals surface area contributed by atoms with Gasteiger partial charge in [0.05, 0.1) is 11.0 Å². The molecule has 0 bridgehead atoms. The Bertz CT molecular complexity index is 590. The number of aromatic hydroxyl groups is 1. The van der Waals surface area contributed by atoms with Gasteiger partial charge in [-0.15, -0.1) is 0 Å². The van der Waals surface area contributed by atoms with Crippen LogP contribution in [0.2, 0.25) is 0 Å². The van der Waals surface area contributed by atoms with E-state index in [0.717, 1.165) is 25.8 Å². The summed E-state index contributed by atoms with van der Waals surface area (Å²) in [6, 6.07) is 3.62. The highest BCUT2D eigenvalue weighted by Gasteiger charge is 2.42. The summed E-state index contributed by atoms with van der Waals surface area (Å²) in [7, 11) is 0. The molecule has 1 saturated carbocycles. The first kappa shape index (κ1) is 13.8. The molecule has 3 N–H and O–H groups in total. The Kier molecular flexibility index (Phi) is 3.50. The van der Waals surface area contributed by atoms with Gasteiger partial charge in [-0.2, -0.15) is 0 Å². The number of phenolic OH excluding ortho intramolecular Hbond substituents is 1. The van der Waals surface area contributed by atoms with E-state index in [1.54, 1.807) is 0 Å². The Hall–Kier alpha value is -2.15. The molecule has 7 nitrogen and oxygen atoms in total. The van der Waals surface area contributed by atoms with Crippen molar-refractivity contribution in [3.63, 3.8) is 0 Å². The lowest BCUT2D eigenvalue weighted by molar-refractivity contribution is -0.384. The van der Waals surface area contributed by atoms with Gasteiger partial charge < -0.3 is 15.7 Å². The smallest absolute Gasteiger partial charge is 0.296 e. The number of hydrogen-bond acceptors (Lipinski definition) is 5. The fourth-order valence-corrected chi connectivity index (χ4v) is 3.48. The van der Waals surface area contributed by atoms with E-state index in [1.165, 1.54) is 18.2 Å².